The third-order valence-electron chi connectivity index (χ3n) is 3.41. The van der Waals surface area contributed by atoms with Crippen molar-refractivity contribution in [1.82, 2.24) is 9.97 Å². The summed E-state index contributed by atoms with van der Waals surface area (Å²) >= 11 is 3.25. The minimum Gasteiger partial charge on any atom is -0.494 e. The van der Waals surface area contributed by atoms with Gasteiger partial charge in [-0.25, -0.2) is 9.97 Å². The molecule has 0 aliphatic carbocycles. The van der Waals surface area contributed by atoms with Crippen molar-refractivity contribution in [1.29, 1.82) is 0 Å². The lowest BCUT2D eigenvalue weighted by Gasteiger charge is -2.19. The predicted octanol–water partition coefficient (Wildman–Crippen LogP) is 4.33. The number of carbonyl (C=O) groups excluding carboxylic acids is 1. The Labute approximate surface area is 151 Å². The summed E-state index contributed by atoms with van der Waals surface area (Å²) in [7, 11) is 0. The van der Waals surface area contributed by atoms with E-state index >= 15 is 0 Å². The quantitative estimate of drug-likeness (QED) is 0.743. The zero-order valence-corrected chi connectivity index (χ0v) is 15.8. The topological polar surface area (TPSA) is 64.1 Å². The van der Waals surface area contributed by atoms with Gasteiger partial charge in [0.15, 0.2) is 0 Å². The van der Waals surface area contributed by atoms with E-state index in [0.717, 1.165) is 10.2 Å². The molecule has 0 saturated carbocycles. The molecular weight excluding hydrogens is 370 g/mol. The number of aromatic nitrogens is 2. The van der Waals surface area contributed by atoms with Crippen LogP contribution in [0, 0.1) is 0 Å². The van der Waals surface area contributed by atoms with Crippen molar-refractivity contribution in [3.63, 3.8) is 0 Å². The summed E-state index contributed by atoms with van der Waals surface area (Å²) in [5.74, 6) is 1.01. The Hall–Kier alpha value is -1.95. The summed E-state index contributed by atoms with van der Waals surface area (Å²) in [4.78, 5) is 19.8. The first-order chi connectivity index (χ1) is 11.3. The van der Waals surface area contributed by atoms with Crippen molar-refractivity contribution in [3.05, 3.63) is 46.7 Å². The third-order valence-corrected chi connectivity index (χ3v) is 3.82. The van der Waals surface area contributed by atoms with Crippen LogP contribution in [0.5, 0.6) is 5.75 Å². The first kappa shape index (κ1) is 18.4. The highest BCUT2D eigenvalue weighted by Gasteiger charge is 2.13. The van der Waals surface area contributed by atoms with Gasteiger partial charge in [0.25, 0.3) is 0 Å². The third kappa shape index (κ3) is 5.92. The minimum atomic E-state index is -0.121. The van der Waals surface area contributed by atoms with Gasteiger partial charge in [0.2, 0.25) is 11.9 Å². The zero-order valence-electron chi connectivity index (χ0n) is 14.2. The molecule has 0 atom stereocenters. The summed E-state index contributed by atoms with van der Waals surface area (Å²) in [5.41, 5.74) is 1.40. The molecule has 24 heavy (non-hydrogen) atoms. The van der Waals surface area contributed by atoms with E-state index in [2.05, 4.69) is 64.1 Å². The molecule has 1 aromatic carbocycles. The molecule has 0 fully saturated rings. The molecule has 0 saturated heterocycles. The first-order valence-corrected chi connectivity index (χ1v) is 8.64. The maximum atomic E-state index is 11.8. The molecule has 1 aromatic heterocycles. The normalized spacial score (nSPS) is 11.2. The fourth-order valence-electron chi connectivity index (χ4n) is 2.04. The fourth-order valence-corrected chi connectivity index (χ4v) is 2.24. The van der Waals surface area contributed by atoms with Crippen LogP contribution in [0.4, 0.5) is 5.95 Å². The van der Waals surface area contributed by atoms with Crippen LogP contribution in [-0.4, -0.2) is 22.5 Å². The number of nitrogens with one attached hydrogen (secondary N) is 1. The average Bonchev–Trinajstić information content (AvgIpc) is 2.53. The lowest BCUT2D eigenvalue weighted by atomic mass is 9.87. The van der Waals surface area contributed by atoms with E-state index in [1.165, 1.54) is 5.56 Å². The average molecular weight is 392 g/mol. The molecule has 0 radical (unpaired) electrons. The van der Waals surface area contributed by atoms with Crippen LogP contribution < -0.4 is 10.1 Å². The Morgan fingerprint density at radius 3 is 2.38 bits per heavy atom. The standard InChI is InChI=1S/C18H22BrN3O2/c1-18(2,3)13-6-8-15(9-7-13)24-10-4-5-16(23)22-17-20-11-14(19)12-21-17/h6-9,11-12H,4-5,10H2,1-3H3,(H,20,21,22,23). The van der Waals surface area contributed by atoms with Gasteiger partial charge in [0, 0.05) is 18.8 Å². The molecule has 6 heteroatoms. The lowest BCUT2D eigenvalue weighted by molar-refractivity contribution is -0.116. The minimum absolute atomic E-state index is 0.121. The highest BCUT2D eigenvalue weighted by molar-refractivity contribution is 9.10. The summed E-state index contributed by atoms with van der Waals surface area (Å²) in [6.45, 7) is 7.02. The van der Waals surface area contributed by atoms with Crippen molar-refractivity contribution < 1.29 is 9.53 Å². The second-order valence-electron chi connectivity index (χ2n) is 6.50. The number of carbonyl (C=O) groups is 1. The van der Waals surface area contributed by atoms with Crippen LogP contribution in [0.2, 0.25) is 0 Å². The number of ether oxygens (including phenoxy) is 1. The largest absolute Gasteiger partial charge is 0.494 e. The summed E-state index contributed by atoms with van der Waals surface area (Å²) in [6.07, 6.45) is 4.17. The van der Waals surface area contributed by atoms with Crippen molar-refractivity contribution in [2.75, 3.05) is 11.9 Å². The monoisotopic (exact) mass is 391 g/mol. The molecule has 5 nitrogen and oxygen atoms in total. The van der Waals surface area contributed by atoms with E-state index in [-0.39, 0.29) is 11.3 Å². The number of benzene rings is 1. The lowest BCUT2D eigenvalue weighted by Crippen LogP contribution is -2.14. The number of hydrogen-bond acceptors (Lipinski definition) is 4. The Morgan fingerprint density at radius 2 is 1.79 bits per heavy atom. The predicted molar refractivity (Wildman–Crippen MR) is 98.2 cm³/mol. The highest BCUT2D eigenvalue weighted by Crippen LogP contribution is 2.24. The smallest absolute Gasteiger partial charge is 0.229 e. The molecule has 2 rings (SSSR count). The summed E-state index contributed by atoms with van der Waals surface area (Å²) in [6, 6.07) is 8.09. The number of nitrogens with zero attached hydrogens (tertiary/aromatic N) is 2. The van der Waals surface area contributed by atoms with Crippen LogP contribution >= 0.6 is 15.9 Å². The Balaban J connectivity index is 1.70. The first-order valence-electron chi connectivity index (χ1n) is 7.85. The van der Waals surface area contributed by atoms with Crippen molar-refractivity contribution in [2.45, 2.75) is 39.0 Å². The van der Waals surface area contributed by atoms with Crippen LogP contribution in [0.25, 0.3) is 0 Å². The number of anilines is 1. The van der Waals surface area contributed by atoms with E-state index in [1.807, 2.05) is 12.1 Å². The van der Waals surface area contributed by atoms with Gasteiger partial charge in [-0.1, -0.05) is 32.9 Å². The molecule has 0 aliphatic rings. The van der Waals surface area contributed by atoms with Gasteiger partial charge >= 0.3 is 0 Å². The molecule has 0 unspecified atom stereocenters. The van der Waals surface area contributed by atoms with Gasteiger partial charge in [-0.15, -0.1) is 0 Å². The van der Waals surface area contributed by atoms with E-state index in [1.54, 1.807) is 12.4 Å². The molecule has 1 heterocycles. The van der Waals surface area contributed by atoms with Gasteiger partial charge in [-0.3, -0.25) is 10.1 Å². The van der Waals surface area contributed by atoms with Gasteiger partial charge in [-0.2, -0.15) is 0 Å². The van der Waals surface area contributed by atoms with Gasteiger partial charge < -0.3 is 4.74 Å². The molecule has 0 aliphatic heterocycles. The molecule has 128 valence electrons. The molecular formula is C18H22BrN3O2. The van der Waals surface area contributed by atoms with E-state index in [4.69, 9.17) is 4.74 Å². The second kappa shape index (κ2) is 8.24. The van der Waals surface area contributed by atoms with Crippen LogP contribution in [0.3, 0.4) is 0 Å². The number of hydrogen-bond donors (Lipinski definition) is 1. The van der Waals surface area contributed by atoms with Gasteiger partial charge in [0.05, 0.1) is 11.1 Å². The Kier molecular flexibility index (Phi) is 6.31. The Morgan fingerprint density at radius 1 is 1.17 bits per heavy atom. The van der Waals surface area contributed by atoms with Gasteiger partial charge in [0.1, 0.15) is 5.75 Å². The second-order valence-corrected chi connectivity index (χ2v) is 7.42. The van der Waals surface area contributed by atoms with E-state index in [9.17, 15) is 4.79 Å². The van der Waals surface area contributed by atoms with Crippen molar-refractivity contribution in [3.8, 4) is 5.75 Å². The zero-order chi connectivity index (χ0) is 17.6. The van der Waals surface area contributed by atoms with E-state index in [0.29, 0.717) is 25.4 Å². The summed E-state index contributed by atoms with van der Waals surface area (Å²) in [5, 5.41) is 2.65. The number of halogens is 1. The summed E-state index contributed by atoms with van der Waals surface area (Å²) < 4.78 is 6.44. The molecule has 0 spiro atoms. The van der Waals surface area contributed by atoms with Crippen molar-refractivity contribution in [2.24, 2.45) is 0 Å². The molecule has 0 bridgehead atoms. The van der Waals surface area contributed by atoms with Gasteiger partial charge in [-0.05, 0) is 45.5 Å². The van der Waals surface area contributed by atoms with Crippen LogP contribution in [-0.2, 0) is 10.2 Å². The number of rotatable bonds is 6. The maximum Gasteiger partial charge on any atom is 0.229 e. The molecule has 2 aromatic rings. The van der Waals surface area contributed by atoms with Crippen molar-refractivity contribution >= 4 is 27.8 Å². The fraction of sp³-hybridized carbons (Fsp3) is 0.389. The number of amides is 1. The molecule has 1 N–H and O–H groups in total. The Bertz CT molecular complexity index is 664. The van der Waals surface area contributed by atoms with E-state index < -0.39 is 0 Å². The molecule has 1 amide bonds. The van der Waals surface area contributed by atoms with Crippen LogP contribution in [0.15, 0.2) is 41.1 Å². The SMILES string of the molecule is CC(C)(C)c1ccc(OCCCC(=O)Nc2ncc(Br)cn2)cc1. The maximum absolute atomic E-state index is 11.8. The highest BCUT2D eigenvalue weighted by atomic mass is 79.9. The van der Waals surface area contributed by atoms with Crippen LogP contribution in [0.1, 0.15) is 39.2 Å².